The van der Waals surface area contributed by atoms with E-state index < -0.39 is 50.8 Å². The summed E-state index contributed by atoms with van der Waals surface area (Å²) in [6.07, 6.45) is 16.2. The van der Waals surface area contributed by atoms with Crippen LogP contribution in [0.4, 0.5) is 23.2 Å². The summed E-state index contributed by atoms with van der Waals surface area (Å²) in [7, 11) is 0. The van der Waals surface area contributed by atoms with E-state index in [2.05, 4.69) is 30.2 Å². The van der Waals surface area contributed by atoms with Crippen LogP contribution in [0, 0.1) is 23.3 Å². The molecule has 1 heterocycles. The lowest BCUT2D eigenvalue weighted by atomic mass is 10.0. The van der Waals surface area contributed by atoms with E-state index in [0.29, 0.717) is 17.0 Å². The fraction of sp³-hybridized carbons (Fsp3) is 0.516. The third-order valence-electron chi connectivity index (χ3n) is 7.25. The van der Waals surface area contributed by atoms with Gasteiger partial charge in [0.15, 0.2) is 29.1 Å². The number of hydrogen-bond acceptors (Lipinski definition) is 5. The highest BCUT2D eigenvalue weighted by Crippen LogP contribution is 2.38. The van der Waals surface area contributed by atoms with Crippen molar-refractivity contribution in [2.24, 2.45) is 0 Å². The molecule has 11 heteroatoms. The first-order valence-electron chi connectivity index (χ1n) is 14.7. The monoisotopic (exact) mass is 626 g/mol. The fourth-order valence-electron chi connectivity index (χ4n) is 4.86. The third kappa shape index (κ3) is 9.23. The molecule has 5 nitrogen and oxygen atoms in total. The summed E-state index contributed by atoms with van der Waals surface area (Å²) in [4.78, 5) is 36.8. The van der Waals surface area contributed by atoms with Crippen LogP contribution in [0.1, 0.15) is 118 Å². The number of benzene rings is 2. The quantitative estimate of drug-likeness (QED) is 0.0709. The molecular weight excluding hydrogens is 588 g/mol. The normalized spacial score (nSPS) is 14.2. The predicted molar refractivity (Wildman–Crippen MR) is 160 cm³/mol. The summed E-state index contributed by atoms with van der Waals surface area (Å²) in [5.41, 5.74) is -0.775. The Morgan fingerprint density at radius 1 is 0.810 bits per heavy atom. The van der Waals surface area contributed by atoms with Gasteiger partial charge in [0.1, 0.15) is 10.9 Å². The summed E-state index contributed by atoms with van der Waals surface area (Å²) < 4.78 is 56.0. The van der Waals surface area contributed by atoms with Crippen molar-refractivity contribution in [3.8, 4) is 0 Å². The zero-order valence-corrected chi connectivity index (χ0v) is 25.5. The van der Waals surface area contributed by atoms with Gasteiger partial charge in [0.2, 0.25) is 5.91 Å². The minimum Gasteiger partial charge on any atom is -0.333 e. The van der Waals surface area contributed by atoms with E-state index in [0.717, 1.165) is 31.0 Å². The molecule has 1 atom stereocenters. The first kappa shape index (κ1) is 34.0. The average Bonchev–Trinajstić information content (AvgIpc) is 3.27. The van der Waals surface area contributed by atoms with Crippen LogP contribution < -0.4 is 10.6 Å². The zero-order valence-electron chi connectivity index (χ0n) is 23.8. The number of hydrogen-bond donors (Lipinski definition) is 3. The van der Waals surface area contributed by atoms with Gasteiger partial charge in [-0.05, 0) is 24.6 Å². The molecule has 0 bridgehead atoms. The summed E-state index contributed by atoms with van der Waals surface area (Å²) in [5.74, 6) is -9.62. The second-order valence-corrected chi connectivity index (χ2v) is 12.2. The Bertz CT molecular complexity index is 1250. The van der Waals surface area contributed by atoms with Crippen molar-refractivity contribution in [1.82, 2.24) is 5.32 Å². The van der Waals surface area contributed by atoms with Crippen molar-refractivity contribution in [2.75, 3.05) is 5.32 Å². The summed E-state index contributed by atoms with van der Waals surface area (Å²) in [6, 6.07) is 4.61. The molecule has 1 aliphatic heterocycles. The number of unbranched alkanes of at least 4 members (excludes halogenated alkanes) is 12. The molecule has 2 aromatic carbocycles. The molecule has 0 radical (unpaired) electrons. The number of carbonyl (C=O) groups is 3. The molecule has 0 fully saturated rings. The Morgan fingerprint density at radius 3 is 1.88 bits per heavy atom. The van der Waals surface area contributed by atoms with Crippen LogP contribution in [0.3, 0.4) is 0 Å². The SMILES string of the molecule is CCCCCCCCCCCCCCCC(=O)Nc1ccc2c(c1)SC(NC(=O)c1c(F)c(F)c(S)c(F)c1F)C2=O. The third-order valence-corrected chi connectivity index (χ3v) is 8.80. The van der Waals surface area contributed by atoms with Crippen LogP contribution in [-0.4, -0.2) is 23.0 Å². The number of ketones is 1. The Balaban J connectivity index is 1.39. The Kier molecular flexibility index (Phi) is 13.7. The lowest BCUT2D eigenvalue weighted by Gasteiger charge is -2.13. The number of fused-ring (bicyclic) bond motifs is 1. The van der Waals surface area contributed by atoms with Crippen molar-refractivity contribution in [3.05, 3.63) is 52.6 Å². The highest BCUT2D eigenvalue weighted by molar-refractivity contribution is 8.01. The summed E-state index contributed by atoms with van der Waals surface area (Å²) in [6.45, 7) is 2.23. The van der Waals surface area contributed by atoms with E-state index in [1.165, 1.54) is 70.3 Å². The maximum Gasteiger partial charge on any atom is 0.258 e. The number of anilines is 1. The summed E-state index contributed by atoms with van der Waals surface area (Å²) >= 11 is 4.26. The van der Waals surface area contributed by atoms with Crippen molar-refractivity contribution in [1.29, 1.82) is 0 Å². The van der Waals surface area contributed by atoms with Gasteiger partial charge >= 0.3 is 0 Å². The minimum atomic E-state index is -1.90. The van der Waals surface area contributed by atoms with E-state index in [4.69, 9.17) is 0 Å². The lowest BCUT2D eigenvalue weighted by Crippen LogP contribution is -2.37. The van der Waals surface area contributed by atoms with Crippen LogP contribution in [0.2, 0.25) is 0 Å². The molecule has 2 N–H and O–H groups in total. The van der Waals surface area contributed by atoms with Gasteiger partial charge in [-0.2, -0.15) is 0 Å². The number of halogens is 4. The van der Waals surface area contributed by atoms with Gasteiger partial charge in [-0.25, -0.2) is 17.6 Å². The van der Waals surface area contributed by atoms with Gasteiger partial charge in [-0.15, -0.1) is 12.6 Å². The molecule has 0 saturated carbocycles. The number of carbonyl (C=O) groups excluding carboxylic acids is 3. The highest BCUT2D eigenvalue weighted by atomic mass is 32.2. The molecule has 1 unspecified atom stereocenters. The topological polar surface area (TPSA) is 75.3 Å². The number of thiol groups is 1. The van der Waals surface area contributed by atoms with Gasteiger partial charge in [0, 0.05) is 22.6 Å². The second-order valence-electron chi connectivity index (χ2n) is 10.6. The second kappa shape index (κ2) is 16.9. The predicted octanol–water partition coefficient (Wildman–Crippen LogP) is 9.00. The zero-order chi connectivity index (χ0) is 30.6. The average molecular weight is 627 g/mol. The first-order valence-corrected chi connectivity index (χ1v) is 16.0. The number of nitrogens with one attached hydrogen (secondary N) is 2. The molecule has 0 aliphatic carbocycles. The Hall–Kier alpha value is -2.53. The Labute approximate surface area is 254 Å². The number of rotatable bonds is 17. The standard InChI is InChI=1S/C31H38F4N2O3S2/c1-2-3-4-5-6-7-8-9-10-11-12-13-14-15-22(38)36-19-16-17-20-21(18-19)42-31(28(20)39)37-30(40)23-24(32)26(34)29(41)27(35)25(23)33/h16-18,31,41H,2-15H2,1H3,(H,36,38)(H,37,40). The maximum absolute atomic E-state index is 14.2. The molecular formula is C31H38F4N2O3S2. The van der Waals surface area contributed by atoms with E-state index in [1.807, 2.05) is 0 Å². The molecule has 42 heavy (non-hydrogen) atoms. The molecule has 2 aromatic rings. The van der Waals surface area contributed by atoms with E-state index in [1.54, 1.807) is 12.1 Å². The van der Waals surface area contributed by atoms with Crippen molar-refractivity contribution >= 4 is 47.7 Å². The van der Waals surface area contributed by atoms with Gasteiger partial charge < -0.3 is 10.6 Å². The number of amides is 2. The van der Waals surface area contributed by atoms with Crippen molar-refractivity contribution in [2.45, 2.75) is 112 Å². The van der Waals surface area contributed by atoms with Crippen molar-refractivity contribution in [3.63, 3.8) is 0 Å². The van der Waals surface area contributed by atoms with Crippen molar-refractivity contribution < 1.29 is 31.9 Å². The van der Waals surface area contributed by atoms with Crippen LogP contribution in [0.25, 0.3) is 0 Å². The van der Waals surface area contributed by atoms with Crippen LogP contribution in [0.5, 0.6) is 0 Å². The van der Waals surface area contributed by atoms with E-state index in [-0.39, 0.29) is 11.5 Å². The molecule has 3 rings (SSSR count). The van der Waals surface area contributed by atoms with Gasteiger partial charge in [-0.1, -0.05) is 95.7 Å². The van der Waals surface area contributed by atoms with Gasteiger partial charge in [0.25, 0.3) is 5.91 Å². The summed E-state index contributed by atoms with van der Waals surface area (Å²) in [5, 5.41) is 3.65. The smallest absolute Gasteiger partial charge is 0.258 e. The van der Waals surface area contributed by atoms with Gasteiger partial charge in [-0.3, -0.25) is 14.4 Å². The number of thioether (sulfide) groups is 1. The maximum atomic E-state index is 14.2. The van der Waals surface area contributed by atoms with E-state index in [9.17, 15) is 31.9 Å². The van der Waals surface area contributed by atoms with Crippen LogP contribution >= 0.6 is 24.4 Å². The largest absolute Gasteiger partial charge is 0.333 e. The first-order chi connectivity index (χ1) is 20.1. The minimum absolute atomic E-state index is 0.153. The molecule has 1 aliphatic rings. The van der Waals surface area contributed by atoms with Crippen LogP contribution in [0.15, 0.2) is 28.0 Å². The molecule has 230 valence electrons. The van der Waals surface area contributed by atoms with Gasteiger partial charge in [0.05, 0.1) is 4.90 Å². The molecule has 2 amide bonds. The lowest BCUT2D eigenvalue weighted by molar-refractivity contribution is -0.116. The highest BCUT2D eigenvalue weighted by Gasteiger charge is 2.35. The molecule has 0 spiro atoms. The fourth-order valence-corrected chi connectivity index (χ4v) is 6.20. The van der Waals surface area contributed by atoms with Crippen LogP contribution in [-0.2, 0) is 4.79 Å². The number of Topliss-reactive ketones (excluding diaryl/α,β-unsaturated/α-hetero) is 1. The van der Waals surface area contributed by atoms with E-state index >= 15 is 0 Å². The molecule has 0 aromatic heterocycles. The molecule has 0 saturated heterocycles. The Morgan fingerprint density at radius 2 is 1.33 bits per heavy atom.